The van der Waals surface area contributed by atoms with Crippen molar-refractivity contribution in [3.05, 3.63) is 47.6 Å². The van der Waals surface area contributed by atoms with E-state index < -0.39 is 0 Å². The van der Waals surface area contributed by atoms with Crippen LogP contribution in [0, 0.1) is 5.92 Å². The molecular weight excluding hydrogens is 378 g/mol. The van der Waals surface area contributed by atoms with Crippen LogP contribution in [0.5, 0.6) is 5.75 Å². The second-order valence-corrected chi connectivity index (χ2v) is 7.24. The minimum Gasteiger partial charge on any atom is -0.494 e. The molecule has 0 saturated carbocycles. The molecule has 4 rings (SSSR count). The lowest BCUT2D eigenvalue weighted by Crippen LogP contribution is -2.41. The monoisotopic (exact) mass is 399 g/mol. The average Bonchev–Trinajstić information content (AvgIpc) is 3.13. The van der Waals surface area contributed by atoms with Gasteiger partial charge in [0, 0.05) is 25.0 Å². The van der Waals surface area contributed by atoms with Gasteiger partial charge in [0.05, 0.1) is 17.5 Å². The Morgan fingerprint density at radius 3 is 2.86 bits per heavy atom. The first kappa shape index (κ1) is 18.6. The van der Waals surface area contributed by atoms with Gasteiger partial charge in [0.1, 0.15) is 5.75 Å². The van der Waals surface area contributed by atoms with Gasteiger partial charge in [-0.05, 0) is 56.2 Å². The second-order valence-electron chi connectivity index (χ2n) is 6.81. The Hall–Kier alpha value is -2.80. The second kappa shape index (κ2) is 8.06. The summed E-state index contributed by atoms with van der Waals surface area (Å²) in [7, 11) is 0. The summed E-state index contributed by atoms with van der Waals surface area (Å²) >= 11 is 6.12. The number of fused-ring (bicyclic) bond motifs is 1. The van der Waals surface area contributed by atoms with E-state index in [0.29, 0.717) is 18.2 Å². The van der Waals surface area contributed by atoms with E-state index in [-0.39, 0.29) is 11.8 Å². The fourth-order valence-electron chi connectivity index (χ4n) is 3.49. The minimum atomic E-state index is -0.119. The van der Waals surface area contributed by atoms with Gasteiger partial charge in [0.25, 0.3) is 0 Å². The Morgan fingerprint density at radius 1 is 1.25 bits per heavy atom. The van der Waals surface area contributed by atoms with Crippen LogP contribution in [-0.2, 0) is 4.79 Å². The maximum atomic E-state index is 12.8. The van der Waals surface area contributed by atoms with Gasteiger partial charge < -0.3 is 15.0 Å². The number of pyridine rings is 1. The van der Waals surface area contributed by atoms with Crippen LogP contribution in [-0.4, -0.2) is 40.2 Å². The molecule has 1 fully saturated rings. The van der Waals surface area contributed by atoms with Gasteiger partial charge in [-0.3, -0.25) is 9.20 Å². The van der Waals surface area contributed by atoms with Gasteiger partial charge in [0.15, 0.2) is 5.65 Å². The molecule has 3 heterocycles. The molecule has 1 atom stereocenters. The van der Waals surface area contributed by atoms with E-state index >= 15 is 0 Å². The van der Waals surface area contributed by atoms with Crippen molar-refractivity contribution in [3.8, 4) is 5.75 Å². The Morgan fingerprint density at radius 2 is 2.07 bits per heavy atom. The SMILES string of the molecule is CCOc1ccc(NC(=O)[C@@H]2CCCN(c3nnc4ccc(Cl)cn34)C2)cc1. The van der Waals surface area contributed by atoms with Crippen molar-refractivity contribution >= 4 is 34.8 Å². The van der Waals surface area contributed by atoms with E-state index in [1.807, 2.05) is 41.7 Å². The van der Waals surface area contributed by atoms with Gasteiger partial charge in [-0.25, -0.2) is 0 Å². The lowest BCUT2D eigenvalue weighted by atomic mass is 9.97. The number of amides is 1. The molecule has 7 nitrogen and oxygen atoms in total. The number of carbonyl (C=O) groups is 1. The Labute approximate surface area is 168 Å². The Balaban J connectivity index is 1.45. The molecule has 1 N–H and O–H groups in total. The number of hydrogen-bond acceptors (Lipinski definition) is 5. The third-order valence-electron chi connectivity index (χ3n) is 4.86. The highest BCUT2D eigenvalue weighted by molar-refractivity contribution is 6.30. The summed E-state index contributed by atoms with van der Waals surface area (Å²) in [5.41, 5.74) is 1.51. The Kier molecular flexibility index (Phi) is 5.34. The molecule has 28 heavy (non-hydrogen) atoms. The number of anilines is 2. The van der Waals surface area contributed by atoms with Crippen molar-refractivity contribution in [3.63, 3.8) is 0 Å². The van der Waals surface area contributed by atoms with Gasteiger partial charge in [-0.2, -0.15) is 0 Å². The number of ether oxygens (including phenoxy) is 1. The van der Waals surface area contributed by atoms with Crippen molar-refractivity contribution < 1.29 is 9.53 Å². The maximum Gasteiger partial charge on any atom is 0.231 e. The van der Waals surface area contributed by atoms with Gasteiger partial charge in [0.2, 0.25) is 11.9 Å². The molecule has 8 heteroatoms. The third-order valence-corrected chi connectivity index (χ3v) is 5.08. The van der Waals surface area contributed by atoms with E-state index in [4.69, 9.17) is 16.3 Å². The number of carbonyl (C=O) groups excluding carboxylic acids is 1. The van der Waals surface area contributed by atoms with E-state index in [1.165, 1.54) is 0 Å². The molecule has 3 aromatic rings. The molecule has 2 aromatic heterocycles. The summed E-state index contributed by atoms with van der Waals surface area (Å²) in [4.78, 5) is 14.9. The molecular formula is C20H22ClN5O2. The number of halogens is 1. The molecule has 0 radical (unpaired) electrons. The summed E-state index contributed by atoms with van der Waals surface area (Å²) in [6.45, 7) is 3.99. The molecule has 1 aromatic carbocycles. The van der Waals surface area contributed by atoms with Crippen LogP contribution in [0.25, 0.3) is 5.65 Å². The number of piperidine rings is 1. The topological polar surface area (TPSA) is 71.8 Å². The Bertz CT molecular complexity index is 972. The number of nitrogens with one attached hydrogen (secondary N) is 1. The highest BCUT2D eigenvalue weighted by Crippen LogP contribution is 2.25. The predicted molar refractivity (Wildman–Crippen MR) is 109 cm³/mol. The molecule has 0 unspecified atom stereocenters. The van der Waals surface area contributed by atoms with Crippen LogP contribution < -0.4 is 15.0 Å². The van der Waals surface area contributed by atoms with Crippen LogP contribution >= 0.6 is 11.6 Å². The maximum absolute atomic E-state index is 12.8. The first-order valence-corrected chi connectivity index (χ1v) is 9.81. The smallest absolute Gasteiger partial charge is 0.231 e. The number of benzene rings is 1. The molecule has 1 aliphatic rings. The molecule has 0 spiro atoms. The zero-order valence-corrected chi connectivity index (χ0v) is 16.4. The zero-order chi connectivity index (χ0) is 19.5. The highest BCUT2D eigenvalue weighted by atomic mass is 35.5. The minimum absolute atomic E-state index is 0.0145. The van der Waals surface area contributed by atoms with E-state index in [9.17, 15) is 4.79 Å². The number of rotatable bonds is 5. The van der Waals surface area contributed by atoms with Gasteiger partial charge in [-0.15, -0.1) is 10.2 Å². The zero-order valence-electron chi connectivity index (χ0n) is 15.6. The van der Waals surface area contributed by atoms with Gasteiger partial charge in [-0.1, -0.05) is 11.6 Å². The van der Waals surface area contributed by atoms with Crippen molar-refractivity contribution in [2.75, 3.05) is 29.9 Å². The van der Waals surface area contributed by atoms with E-state index in [0.717, 1.165) is 42.4 Å². The fraction of sp³-hybridized carbons (Fsp3) is 0.350. The summed E-state index contributed by atoms with van der Waals surface area (Å²) in [6.07, 6.45) is 3.56. The normalized spacial score (nSPS) is 16.9. The molecule has 0 aliphatic carbocycles. The fourth-order valence-corrected chi connectivity index (χ4v) is 3.65. The van der Waals surface area contributed by atoms with E-state index in [1.54, 1.807) is 12.3 Å². The summed E-state index contributed by atoms with van der Waals surface area (Å²) < 4.78 is 7.31. The number of nitrogens with zero attached hydrogens (tertiary/aromatic N) is 4. The third kappa shape index (κ3) is 3.89. The van der Waals surface area contributed by atoms with Crippen molar-refractivity contribution in [2.45, 2.75) is 19.8 Å². The van der Waals surface area contributed by atoms with Gasteiger partial charge >= 0.3 is 0 Å². The van der Waals surface area contributed by atoms with Crippen LogP contribution in [0.2, 0.25) is 5.02 Å². The quantitative estimate of drug-likeness (QED) is 0.709. The standard InChI is InChI=1S/C20H22ClN5O2/c1-2-28-17-8-6-16(7-9-17)22-19(27)14-4-3-11-25(12-14)20-24-23-18-10-5-15(21)13-26(18)20/h5-10,13-14H,2-4,11-12H2,1H3,(H,22,27)/t14-/m1/s1. The van der Waals surface area contributed by atoms with Crippen LogP contribution in [0.4, 0.5) is 11.6 Å². The molecule has 146 valence electrons. The first-order chi connectivity index (χ1) is 13.6. The molecule has 0 bridgehead atoms. The molecule has 1 amide bonds. The summed E-state index contributed by atoms with van der Waals surface area (Å²) in [5, 5.41) is 12.1. The van der Waals surface area contributed by atoms with Crippen molar-refractivity contribution in [1.82, 2.24) is 14.6 Å². The van der Waals surface area contributed by atoms with Crippen molar-refractivity contribution in [1.29, 1.82) is 0 Å². The number of hydrogen-bond donors (Lipinski definition) is 1. The first-order valence-electron chi connectivity index (χ1n) is 9.43. The number of aromatic nitrogens is 3. The van der Waals surface area contributed by atoms with Crippen LogP contribution in [0.15, 0.2) is 42.6 Å². The lowest BCUT2D eigenvalue weighted by molar-refractivity contribution is -0.120. The molecule has 1 saturated heterocycles. The summed E-state index contributed by atoms with van der Waals surface area (Å²) in [6, 6.07) is 11.1. The lowest BCUT2D eigenvalue weighted by Gasteiger charge is -2.32. The summed E-state index contributed by atoms with van der Waals surface area (Å²) in [5.74, 6) is 1.41. The van der Waals surface area contributed by atoms with Crippen LogP contribution in [0.3, 0.4) is 0 Å². The van der Waals surface area contributed by atoms with Crippen molar-refractivity contribution in [2.24, 2.45) is 5.92 Å². The van der Waals surface area contributed by atoms with Crippen LogP contribution in [0.1, 0.15) is 19.8 Å². The molecule has 1 aliphatic heterocycles. The average molecular weight is 400 g/mol. The predicted octanol–water partition coefficient (Wildman–Crippen LogP) is 3.64. The largest absolute Gasteiger partial charge is 0.494 e. The van der Waals surface area contributed by atoms with E-state index in [2.05, 4.69) is 20.4 Å². The highest BCUT2D eigenvalue weighted by Gasteiger charge is 2.28.